The Hall–Kier alpha value is -4.40. The molecule has 0 aliphatic rings. The molecule has 0 unspecified atom stereocenters. The highest BCUT2D eigenvalue weighted by Crippen LogP contribution is 2.37. The van der Waals surface area contributed by atoms with Gasteiger partial charge in [-0.3, -0.25) is 19.8 Å². The van der Waals surface area contributed by atoms with E-state index >= 15 is 0 Å². The maximum Gasteiger partial charge on any atom is 0.416 e. The Balaban J connectivity index is 0.000000379. The van der Waals surface area contributed by atoms with Crippen LogP contribution >= 0.6 is 23.2 Å². The predicted octanol–water partition coefficient (Wildman–Crippen LogP) is 7.77. The number of anilines is 1. The van der Waals surface area contributed by atoms with Gasteiger partial charge >= 0.3 is 18.1 Å². The lowest BCUT2D eigenvalue weighted by atomic mass is 10.0. The Labute approximate surface area is 284 Å². The van der Waals surface area contributed by atoms with E-state index in [0.717, 1.165) is 60.0 Å². The highest BCUT2D eigenvalue weighted by Gasteiger charge is 2.31. The van der Waals surface area contributed by atoms with Gasteiger partial charge in [0.25, 0.3) is 5.69 Å². The third-order valence-electron chi connectivity index (χ3n) is 6.41. The first-order valence-corrected chi connectivity index (χ1v) is 15.2. The zero-order chi connectivity index (χ0) is 36.0. The molecule has 0 spiro atoms. The van der Waals surface area contributed by atoms with Crippen molar-refractivity contribution in [2.75, 3.05) is 37.8 Å². The van der Waals surface area contributed by atoms with E-state index in [-0.39, 0.29) is 41.6 Å². The van der Waals surface area contributed by atoms with Gasteiger partial charge in [0.15, 0.2) is 6.61 Å². The molecule has 0 aliphatic carbocycles. The Morgan fingerprint density at radius 3 is 2.10 bits per heavy atom. The molecule has 1 amide bonds. The standard InChI is InChI=1S/C18H13ClF3NO7.C14H20ClNO2/c1-2-28-16(24)9-29-17(25)12-8-11(4-5-14(12)23(26)27)30-15-6-3-10(7-13(15)19)18(20,21)22;1-4-11-7-6-8-12(5-2)14(11)16(10-18-3)13(17)9-15/h3-8H,2,9H2,1H3;6-8H,4-5,9-10H2,1-3H3. The van der Waals surface area contributed by atoms with Gasteiger partial charge < -0.3 is 18.9 Å². The lowest BCUT2D eigenvalue weighted by molar-refractivity contribution is -0.385. The van der Waals surface area contributed by atoms with E-state index < -0.39 is 46.5 Å². The Morgan fingerprint density at radius 1 is 0.958 bits per heavy atom. The molecule has 3 aromatic carbocycles. The summed E-state index contributed by atoms with van der Waals surface area (Å²) < 4.78 is 57.9. The molecule has 0 radical (unpaired) electrons. The van der Waals surface area contributed by atoms with Crippen molar-refractivity contribution in [1.82, 2.24) is 0 Å². The van der Waals surface area contributed by atoms with Crippen molar-refractivity contribution < 1.29 is 51.4 Å². The minimum Gasteiger partial charge on any atom is -0.463 e. The molecule has 3 aromatic rings. The van der Waals surface area contributed by atoms with Gasteiger partial charge in [0.05, 0.1) is 27.8 Å². The Morgan fingerprint density at radius 2 is 1.60 bits per heavy atom. The number of ether oxygens (including phenoxy) is 4. The van der Waals surface area contributed by atoms with Crippen LogP contribution in [0.15, 0.2) is 54.6 Å². The quantitative estimate of drug-likeness (QED) is 0.0572. The van der Waals surface area contributed by atoms with Crippen LogP contribution in [0.4, 0.5) is 24.5 Å². The van der Waals surface area contributed by atoms with Crippen LogP contribution in [0.25, 0.3) is 0 Å². The summed E-state index contributed by atoms with van der Waals surface area (Å²) in [5, 5.41) is 10.8. The minimum atomic E-state index is -4.61. The van der Waals surface area contributed by atoms with Crippen molar-refractivity contribution >= 4 is 52.4 Å². The molecule has 260 valence electrons. The second-order valence-electron chi connectivity index (χ2n) is 9.57. The van der Waals surface area contributed by atoms with E-state index in [4.69, 9.17) is 37.4 Å². The van der Waals surface area contributed by atoms with Crippen molar-refractivity contribution in [2.45, 2.75) is 39.8 Å². The molecule has 0 aromatic heterocycles. The number of carbonyl (C=O) groups is 3. The van der Waals surface area contributed by atoms with Crippen LogP contribution in [-0.2, 0) is 42.8 Å². The first-order chi connectivity index (χ1) is 22.7. The van der Waals surface area contributed by atoms with Gasteiger partial charge in [0, 0.05) is 19.2 Å². The highest BCUT2D eigenvalue weighted by molar-refractivity contribution is 6.32. The monoisotopic (exact) mass is 716 g/mol. The number of hydrogen-bond acceptors (Lipinski definition) is 9. The summed E-state index contributed by atoms with van der Waals surface area (Å²) in [7, 11) is 1.58. The van der Waals surface area contributed by atoms with Crippen LogP contribution < -0.4 is 9.64 Å². The maximum absolute atomic E-state index is 12.7. The van der Waals surface area contributed by atoms with Gasteiger partial charge in [0.1, 0.15) is 29.7 Å². The number of methoxy groups -OCH3 is 1. The number of nitrogens with zero attached hydrogens (tertiary/aromatic N) is 2. The predicted molar refractivity (Wildman–Crippen MR) is 172 cm³/mol. The summed E-state index contributed by atoms with van der Waals surface area (Å²) in [6, 6.07) is 11.5. The van der Waals surface area contributed by atoms with Gasteiger partial charge in [-0.25, -0.2) is 9.59 Å². The van der Waals surface area contributed by atoms with Crippen molar-refractivity contribution in [1.29, 1.82) is 0 Å². The summed E-state index contributed by atoms with van der Waals surface area (Å²) in [5.41, 5.74) is 1.08. The Bertz CT molecular complexity index is 1580. The summed E-state index contributed by atoms with van der Waals surface area (Å²) in [6.45, 7) is 5.21. The topological polar surface area (TPSA) is 135 Å². The van der Waals surface area contributed by atoms with Crippen LogP contribution in [-0.4, -0.2) is 55.7 Å². The number of alkyl halides is 4. The van der Waals surface area contributed by atoms with E-state index in [2.05, 4.69) is 18.6 Å². The van der Waals surface area contributed by atoms with Crippen LogP contribution in [0, 0.1) is 10.1 Å². The molecule has 0 N–H and O–H groups in total. The first kappa shape index (κ1) is 39.8. The summed E-state index contributed by atoms with van der Waals surface area (Å²) >= 11 is 11.5. The molecule has 0 atom stereocenters. The number of nitro groups is 1. The average molecular weight is 718 g/mol. The molecule has 0 bridgehead atoms. The lowest BCUT2D eigenvalue weighted by Crippen LogP contribution is -2.35. The van der Waals surface area contributed by atoms with E-state index in [1.54, 1.807) is 12.0 Å². The van der Waals surface area contributed by atoms with E-state index in [1.807, 2.05) is 18.2 Å². The van der Waals surface area contributed by atoms with Gasteiger partial charge in [0.2, 0.25) is 5.91 Å². The molecule has 11 nitrogen and oxygen atoms in total. The normalized spacial score (nSPS) is 10.8. The fourth-order valence-electron chi connectivity index (χ4n) is 4.22. The number of esters is 2. The molecular weight excluding hydrogens is 684 g/mol. The zero-order valence-corrected chi connectivity index (χ0v) is 27.9. The first-order valence-electron chi connectivity index (χ1n) is 14.3. The maximum atomic E-state index is 12.7. The third kappa shape index (κ3) is 11.1. The van der Waals surface area contributed by atoms with Crippen LogP contribution in [0.3, 0.4) is 0 Å². The summed E-state index contributed by atoms with van der Waals surface area (Å²) in [6.07, 6.45) is -2.86. The molecule has 16 heteroatoms. The number of nitro benzene ring substituents is 1. The highest BCUT2D eigenvalue weighted by atomic mass is 35.5. The van der Waals surface area contributed by atoms with Gasteiger partial charge in [-0.1, -0.05) is 43.6 Å². The van der Waals surface area contributed by atoms with Crippen molar-refractivity contribution in [2.24, 2.45) is 0 Å². The lowest BCUT2D eigenvalue weighted by Gasteiger charge is -2.26. The molecule has 3 rings (SSSR count). The minimum absolute atomic E-state index is 0.0371. The number of benzene rings is 3. The molecule has 48 heavy (non-hydrogen) atoms. The number of hydrogen-bond donors (Lipinski definition) is 0. The molecule has 0 saturated heterocycles. The fourth-order valence-corrected chi connectivity index (χ4v) is 4.58. The summed E-state index contributed by atoms with van der Waals surface area (Å²) in [4.78, 5) is 47.3. The van der Waals surface area contributed by atoms with Crippen LogP contribution in [0.5, 0.6) is 11.5 Å². The number of aryl methyl sites for hydroxylation is 2. The number of amides is 1. The molecular formula is C32H33Cl2F3N2O9. The zero-order valence-electron chi connectivity index (χ0n) is 26.4. The van der Waals surface area contributed by atoms with Gasteiger partial charge in [-0.2, -0.15) is 13.2 Å². The molecule has 0 heterocycles. The van der Waals surface area contributed by atoms with E-state index in [1.165, 1.54) is 6.92 Å². The smallest absolute Gasteiger partial charge is 0.416 e. The molecule has 0 fully saturated rings. The molecule has 0 saturated carbocycles. The summed E-state index contributed by atoms with van der Waals surface area (Å²) in [5.74, 6) is -2.52. The van der Waals surface area contributed by atoms with Crippen LogP contribution in [0.1, 0.15) is 47.8 Å². The second kappa shape index (κ2) is 18.8. The van der Waals surface area contributed by atoms with Crippen molar-refractivity contribution in [3.05, 3.63) is 92.0 Å². The SMILES string of the molecule is CCOC(=O)COC(=O)c1cc(Oc2ccc(C(F)(F)F)cc2Cl)ccc1[N+](=O)[O-].CCc1cccc(CC)c1N(COC)C(=O)CCl. The van der Waals surface area contributed by atoms with Gasteiger partial charge in [-0.05, 0) is 55.2 Å². The van der Waals surface area contributed by atoms with E-state index in [0.29, 0.717) is 6.07 Å². The van der Waals surface area contributed by atoms with E-state index in [9.17, 15) is 37.7 Å². The second-order valence-corrected chi connectivity index (χ2v) is 10.2. The average Bonchev–Trinajstić information content (AvgIpc) is 3.06. The number of para-hydroxylation sites is 1. The Kier molecular flexibility index (Phi) is 15.6. The van der Waals surface area contributed by atoms with Crippen LogP contribution in [0.2, 0.25) is 5.02 Å². The number of halogens is 5. The third-order valence-corrected chi connectivity index (χ3v) is 6.93. The largest absolute Gasteiger partial charge is 0.463 e. The van der Waals surface area contributed by atoms with Crippen molar-refractivity contribution in [3.63, 3.8) is 0 Å². The number of carbonyl (C=O) groups excluding carboxylic acids is 3. The van der Waals surface area contributed by atoms with Crippen molar-refractivity contribution in [3.8, 4) is 11.5 Å². The molecule has 0 aliphatic heterocycles. The van der Waals surface area contributed by atoms with Gasteiger partial charge in [-0.15, -0.1) is 11.6 Å². The number of rotatable bonds is 13. The fraction of sp³-hybridized carbons (Fsp3) is 0.344.